The molecule has 1 aromatic rings. The Morgan fingerprint density at radius 3 is 2.37 bits per heavy atom. The van der Waals surface area contributed by atoms with E-state index in [1.807, 2.05) is 24.3 Å². The monoisotopic (exact) mass is 262 g/mol. The normalized spacial score (nSPS) is 23.4. The first-order valence-electron chi connectivity index (χ1n) is 6.62. The molecule has 1 fully saturated rings. The van der Waals surface area contributed by atoms with Crippen LogP contribution in [0.25, 0.3) is 0 Å². The van der Waals surface area contributed by atoms with Gasteiger partial charge in [0, 0.05) is 11.7 Å². The number of carbonyl (C=O) groups excluding carboxylic acids is 1. The largest absolute Gasteiger partial charge is 0.379 e. The smallest absolute Gasteiger partial charge is 0.231 e. The Hall–Kier alpha value is -1.39. The topological polar surface area (TPSA) is 64.3 Å². The summed E-state index contributed by atoms with van der Waals surface area (Å²) in [5.74, 6) is -0.309. The Morgan fingerprint density at radius 1 is 1.26 bits per heavy atom. The molecule has 2 unspecified atom stereocenters. The van der Waals surface area contributed by atoms with Gasteiger partial charge < -0.3 is 15.8 Å². The van der Waals surface area contributed by atoms with Gasteiger partial charge in [-0.05, 0) is 23.1 Å². The number of rotatable bonds is 2. The molecule has 0 aromatic heterocycles. The summed E-state index contributed by atoms with van der Waals surface area (Å²) in [6.45, 7) is 7.36. The van der Waals surface area contributed by atoms with Crippen molar-refractivity contribution in [1.29, 1.82) is 0 Å². The molecule has 4 nitrogen and oxygen atoms in total. The SMILES string of the molecule is CC(C)(C)c1ccc(NC(=O)C2COCC2N)cc1. The molecule has 1 aromatic carbocycles. The summed E-state index contributed by atoms with van der Waals surface area (Å²) in [6.07, 6.45) is 0. The van der Waals surface area contributed by atoms with Gasteiger partial charge >= 0.3 is 0 Å². The zero-order valence-corrected chi connectivity index (χ0v) is 11.8. The molecule has 3 N–H and O–H groups in total. The van der Waals surface area contributed by atoms with E-state index in [-0.39, 0.29) is 23.3 Å². The zero-order valence-electron chi connectivity index (χ0n) is 11.8. The van der Waals surface area contributed by atoms with Crippen molar-refractivity contribution < 1.29 is 9.53 Å². The third-order valence-electron chi connectivity index (χ3n) is 3.48. The van der Waals surface area contributed by atoms with Gasteiger partial charge in [0.05, 0.1) is 19.1 Å². The highest BCUT2D eigenvalue weighted by Gasteiger charge is 2.31. The van der Waals surface area contributed by atoms with Gasteiger partial charge in [-0.2, -0.15) is 0 Å². The van der Waals surface area contributed by atoms with Crippen LogP contribution in [0.5, 0.6) is 0 Å². The third kappa shape index (κ3) is 3.33. The lowest BCUT2D eigenvalue weighted by molar-refractivity contribution is -0.120. The molecule has 1 heterocycles. The molecule has 1 amide bonds. The number of amides is 1. The van der Waals surface area contributed by atoms with Crippen LogP contribution >= 0.6 is 0 Å². The molecule has 19 heavy (non-hydrogen) atoms. The number of nitrogens with one attached hydrogen (secondary N) is 1. The van der Waals surface area contributed by atoms with Crippen molar-refractivity contribution in [2.75, 3.05) is 18.5 Å². The van der Waals surface area contributed by atoms with Crippen molar-refractivity contribution in [2.45, 2.75) is 32.2 Å². The second-order valence-corrected chi connectivity index (χ2v) is 6.12. The summed E-state index contributed by atoms with van der Waals surface area (Å²) >= 11 is 0. The predicted octanol–water partition coefficient (Wildman–Crippen LogP) is 1.90. The molecule has 0 bridgehead atoms. The minimum atomic E-state index is -0.248. The number of hydrogen-bond acceptors (Lipinski definition) is 3. The lowest BCUT2D eigenvalue weighted by Crippen LogP contribution is -2.37. The van der Waals surface area contributed by atoms with Crippen LogP contribution in [0.3, 0.4) is 0 Å². The molecule has 2 atom stereocenters. The maximum absolute atomic E-state index is 12.0. The molecule has 0 saturated carbocycles. The van der Waals surface area contributed by atoms with Crippen LogP contribution in [0.1, 0.15) is 26.3 Å². The Labute approximate surface area is 114 Å². The van der Waals surface area contributed by atoms with Crippen LogP contribution in [-0.2, 0) is 14.9 Å². The Balaban J connectivity index is 2.02. The first kappa shape index (κ1) is 14.0. The van der Waals surface area contributed by atoms with Gasteiger partial charge in [0.25, 0.3) is 0 Å². The fraction of sp³-hybridized carbons (Fsp3) is 0.533. The fourth-order valence-electron chi connectivity index (χ4n) is 2.13. The molecule has 0 radical (unpaired) electrons. The van der Waals surface area contributed by atoms with Crippen LogP contribution < -0.4 is 11.1 Å². The molecule has 4 heteroatoms. The summed E-state index contributed by atoms with van der Waals surface area (Å²) in [6, 6.07) is 7.75. The number of anilines is 1. The highest BCUT2D eigenvalue weighted by Crippen LogP contribution is 2.24. The standard InChI is InChI=1S/C15H22N2O2/c1-15(2,3)10-4-6-11(7-5-10)17-14(18)12-8-19-9-13(12)16/h4-7,12-13H,8-9,16H2,1-3H3,(H,17,18). The summed E-state index contributed by atoms with van der Waals surface area (Å²) in [4.78, 5) is 12.0. The lowest BCUT2D eigenvalue weighted by Gasteiger charge is -2.19. The maximum atomic E-state index is 12.0. The predicted molar refractivity (Wildman–Crippen MR) is 76.1 cm³/mol. The molecule has 2 rings (SSSR count). The van der Waals surface area contributed by atoms with E-state index < -0.39 is 0 Å². The molecule has 0 spiro atoms. The van der Waals surface area contributed by atoms with Gasteiger partial charge in [-0.3, -0.25) is 4.79 Å². The van der Waals surface area contributed by atoms with E-state index >= 15 is 0 Å². The van der Waals surface area contributed by atoms with Gasteiger partial charge in [-0.15, -0.1) is 0 Å². The molecule has 1 aliphatic heterocycles. The zero-order chi connectivity index (χ0) is 14.0. The average molecular weight is 262 g/mol. The van der Waals surface area contributed by atoms with E-state index in [9.17, 15) is 4.79 Å². The second kappa shape index (κ2) is 5.31. The highest BCUT2D eigenvalue weighted by atomic mass is 16.5. The summed E-state index contributed by atoms with van der Waals surface area (Å²) in [5.41, 5.74) is 7.99. The number of ether oxygens (including phenoxy) is 1. The van der Waals surface area contributed by atoms with Crippen molar-refractivity contribution in [3.8, 4) is 0 Å². The van der Waals surface area contributed by atoms with E-state index in [2.05, 4.69) is 26.1 Å². The summed E-state index contributed by atoms with van der Waals surface area (Å²) < 4.78 is 5.21. The first-order valence-corrected chi connectivity index (χ1v) is 6.62. The Bertz CT molecular complexity index is 448. The number of benzene rings is 1. The second-order valence-electron chi connectivity index (χ2n) is 6.12. The molecular formula is C15H22N2O2. The third-order valence-corrected chi connectivity index (χ3v) is 3.48. The average Bonchev–Trinajstić information content (AvgIpc) is 2.75. The minimum Gasteiger partial charge on any atom is -0.379 e. The fourth-order valence-corrected chi connectivity index (χ4v) is 2.13. The Kier molecular flexibility index (Phi) is 3.92. The van der Waals surface area contributed by atoms with Gasteiger partial charge in [0.1, 0.15) is 0 Å². The van der Waals surface area contributed by atoms with Crippen molar-refractivity contribution in [2.24, 2.45) is 11.7 Å². The summed E-state index contributed by atoms with van der Waals surface area (Å²) in [7, 11) is 0. The van der Waals surface area contributed by atoms with Crippen LogP contribution in [0.2, 0.25) is 0 Å². The van der Waals surface area contributed by atoms with Crippen molar-refractivity contribution >= 4 is 11.6 Å². The first-order chi connectivity index (χ1) is 8.88. The van der Waals surface area contributed by atoms with Gasteiger partial charge in [0.15, 0.2) is 0 Å². The Morgan fingerprint density at radius 2 is 1.89 bits per heavy atom. The molecule has 1 aliphatic rings. The molecule has 1 saturated heterocycles. The number of nitrogens with two attached hydrogens (primary N) is 1. The van der Waals surface area contributed by atoms with Gasteiger partial charge in [-0.25, -0.2) is 0 Å². The van der Waals surface area contributed by atoms with E-state index in [0.29, 0.717) is 13.2 Å². The van der Waals surface area contributed by atoms with Gasteiger partial charge in [0.2, 0.25) is 5.91 Å². The molecule has 0 aliphatic carbocycles. The number of hydrogen-bond donors (Lipinski definition) is 2. The van der Waals surface area contributed by atoms with Crippen molar-refractivity contribution in [3.05, 3.63) is 29.8 Å². The molecule has 104 valence electrons. The van der Waals surface area contributed by atoms with Crippen LogP contribution in [0.4, 0.5) is 5.69 Å². The van der Waals surface area contributed by atoms with Crippen LogP contribution in [0.15, 0.2) is 24.3 Å². The molecular weight excluding hydrogens is 240 g/mol. The minimum absolute atomic E-state index is 0.0616. The highest BCUT2D eigenvalue weighted by molar-refractivity contribution is 5.93. The van der Waals surface area contributed by atoms with E-state index in [1.54, 1.807) is 0 Å². The van der Waals surface area contributed by atoms with E-state index in [0.717, 1.165) is 5.69 Å². The maximum Gasteiger partial charge on any atom is 0.231 e. The number of carbonyl (C=O) groups is 1. The van der Waals surface area contributed by atoms with Crippen molar-refractivity contribution in [3.63, 3.8) is 0 Å². The van der Waals surface area contributed by atoms with Gasteiger partial charge in [-0.1, -0.05) is 32.9 Å². The lowest BCUT2D eigenvalue weighted by atomic mass is 9.87. The quantitative estimate of drug-likeness (QED) is 0.855. The van der Waals surface area contributed by atoms with Crippen LogP contribution in [-0.4, -0.2) is 25.2 Å². The summed E-state index contributed by atoms with van der Waals surface area (Å²) in [5, 5.41) is 2.89. The van der Waals surface area contributed by atoms with E-state index in [1.165, 1.54) is 5.56 Å². The van der Waals surface area contributed by atoms with E-state index in [4.69, 9.17) is 10.5 Å². The van der Waals surface area contributed by atoms with Crippen molar-refractivity contribution in [1.82, 2.24) is 0 Å². The van der Waals surface area contributed by atoms with Crippen LogP contribution in [0, 0.1) is 5.92 Å².